The lowest BCUT2D eigenvalue weighted by Gasteiger charge is -2.38. The third kappa shape index (κ3) is 4.76. The van der Waals surface area contributed by atoms with Gasteiger partial charge in [0.05, 0.1) is 23.7 Å². The van der Waals surface area contributed by atoms with Crippen LogP contribution in [0.4, 0.5) is 0 Å². The fraction of sp³-hybridized carbons (Fsp3) is 0.571. The smallest absolute Gasteiger partial charge is 0.238 e. The molecule has 1 N–H and O–H groups in total. The summed E-state index contributed by atoms with van der Waals surface area (Å²) in [6.45, 7) is 2.32. The molecule has 2 atom stereocenters. The van der Waals surface area contributed by atoms with Crippen LogP contribution in [0.15, 0.2) is 18.3 Å². The fourth-order valence-corrected chi connectivity index (χ4v) is 4.07. The Morgan fingerprint density at radius 3 is 2.71 bits per heavy atom. The van der Waals surface area contributed by atoms with Gasteiger partial charge in [-0.3, -0.25) is 4.79 Å². The van der Waals surface area contributed by atoms with Gasteiger partial charge in [-0.1, -0.05) is 17.5 Å². The number of aromatic nitrogens is 1. The van der Waals surface area contributed by atoms with E-state index < -0.39 is 6.04 Å². The molecule has 1 aliphatic heterocycles. The number of pyridine rings is 1. The number of terminal acetylenes is 1. The molecule has 28 heavy (non-hydrogen) atoms. The van der Waals surface area contributed by atoms with Gasteiger partial charge in [-0.25, -0.2) is 4.98 Å². The van der Waals surface area contributed by atoms with E-state index in [1.165, 1.54) is 0 Å². The van der Waals surface area contributed by atoms with Crippen molar-refractivity contribution in [3.05, 3.63) is 23.4 Å². The zero-order valence-corrected chi connectivity index (χ0v) is 16.8. The number of carbonyl (C=O) groups excluding carboxylic acids is 1. The minimum atomic E-state index is -0.417. The van der Waals surface area contributed by atoms with Crippen LogP contribution in [0.3, 0.4) is 0 Å². The van der Waals surface area contributed by atoms with Crippen molar-refractivity contribution in [2.75, 3.05) is 6.54 Å². The van der Waals surface area contributed by atoms with Crippen LogP contribution in [0.5, 0.6) is 5.88 Å². The molecule has 3 rings (SSSR count). The van der Waals surface area contributed by atoms with Gasteiger partial charge in [0.15, 0.2) is 0 Å². The number of hydrogen-bond donors (Lipinski definition) is 1. The Balaban J connectivity index is 1.49. The molecule has 1 aromatic rings. The highest BCUT2D eigenvalue weighted by Crippen LogP contribution is 2.31. The number of rotatable bonds is 5. The number of amides is 1. The van der Waals surface area contributed by atoms with Crippen molar-refractivity contribution >= 4 is 17.5 Å². The lowest BCUT2D eigenvalue weighted by molar-refractivity contribution is -0.131. The fourth-order valence-electron chi connectivity index (χ4n) is 3.96. The zero-order chi connectivity index (χ0) is 20.1. The highest BCUT2D eigenvalue weighted by Gasteiger charge is 2.37. The summed E-state index contributed by atoms with van der Waals surface area (Å²) < 4.78 is 5.94. The molecule has 2 fully saturated rings. The molecular weight excluding hydrogens is 376 g/mol. The van der Waals surface area contributed by atoms with Gasteiger partial charge in [-0.15, -0.1) is 6.42 Å². The molecule has 7 heteroatoms. The van der Waals surface area contributed by atoms with Crippen molar-refractivity contribution in [3.8, 4) is 24.3 Å². The summed E-state index contributed by atoms with van der Waals surface area (Å²) >= 11 is 5.85. The SMILES string of the molecule is C#C[C@H]1CC[C@@H](C#N)N1C(=O)CN[C@]1(C)CC[C@@H](Oc2ccc(Cl)cn2)CC1. The summed E-state index contributed by atoms with van der Waals surface area (Å²) in [6.07, 6.45) is 12.1. The number of carbonyl (C=O) groups is 1. The van der Waals surface area contributed by atoms with Gasteiger partial charge in [0.25, 0.3) is 0 Å². The van der Waals surface area contributed by atoms with Crippen LogP contribution < -0.4 is 10.1 Å². The highest BCUT2D eigenvalue weighted by molar-refractivity contribution is 6.30. The Morgan fingerprint density at radius 2 is 2.11 bits per heavy atom. The molecule has 0 spiro atoms. The van der Waals surface area contributed by atoms with Crippen LogP contribution in [0.1, 0.15) is 45.4 Å². The van der Waals surface area contributed by atoms with Crippen molar-refractivity contribution in [2.45, 2.75) is 69.2 Å². The van der Waals surface area contributed by atoms with Crippen LogP contribution >= 0.6 is 11.6 Å². The third-order valence-corrected chi connectivity index (χ3v) is 5.93. The maximum Gasteiger partial charge on any atom is 0.238 e. The van der Waals surface area contributed by atoms with E-state index in [1.54, 1.807) is 23.2 Å². The van der Waals surface area contributed by atoms with E-state index in [2.05, 4.69) is 29.2 Å². The summed E-state index contributed by atoms with van der Waals surface area (Å²) in [5.74, 6) is 3.12. The summed E-state index contributed by atoms with van der Waals surface area (Å²) in [5, 5.41) is 13.3. The summed E-state index contributed by atoms with van der Waals surface area (Å²) in [4.78, 5) is 18.4. The number of hydrogen-bond acceptors (Lipinski definition) is 5. The molecule has 0 bridgehead atoms. The molecule has 1 saturated heterocycles. The van der Waals surface area contributed by atoms with E-state index >= 15 is 0 Å². The maximum absolute atomic E-state index is 12.7. The number of nitriles is 1. The van der Waals surface area contributed by atoms with Gasteiger partial charge >= 0.3 is 0 Å². The van der Waals surface area contributed by atoms with Crippen molar-refractivity contribution in [2.24, 2.45) is 0 Å². The largest absolute Gasteiger partial charge is 0.474 e. The number of halogens is 1. The van der Waals surface area contributed by atoms with Gasteiger partial charge in [-0.05, 0) is 51.5 Å². The average Bonchev–Trinajstić information content (AvgIpc) is 3.13. The zero-order valence-electron chi connectivity index (χ0n) is 16.0. The number of nitrogens with zero attached hydrogens (tertiary/aromatic N) is 3. The molecule has 1 aliphatic carbocycles. The Kier molecular flexibility index (Phi) is 6.44. The molecule has 2 heterocycles. The second-order valence-electron chi connectivity index (χ2n) is 7.75. The van der Waals surface area contributed by atoms with Crippen molar-refractivity contribution in [1.29, 1.82) is 5.26 Å². The quantitative estimate of drug-likeness (QED) is 0.769. The average molecular weight is 401 g/mol. The second kappa shape index (κ2) is 8.82. The van der Waals surface area contributed by atoms with Crippen LogP contribution in [0, 0.1) is 23.7 Å². The number of likely N-dealkylation sites (tertiary alicyclic amines) is 1. The molecule has 2 aliphatic rings. The van der Waals surface area contributed by atoms with E-state index in [-0.39, 0.29) is 30.1 Å². The van der Waals surface area contributed by atoms with Gasteiger partial charge < -0.3 is 15.0 Å². The first-order chi connectivity index (χ1) is 13.4. The van der Waals surface area contributed by atoms with E-state index in [1.807, 2.05) is 0 Å². The molecule has 6 nitrogen and oxygen atoms in total. The van der Waals surface area contributed by atoms with Crippen LogP contribution in [-0.2, 0) is 4.79 Å². The molecule has 0 radical (unpaired) electrons. The highest BCUT2D eigenvalue weighted by atomic mass is 35.5. The Hall–Kier alpha value is -2.28. The molecule has 0 aromatic carbocycles. The van der Waals surface area contributed by atoms with Crippen molar-refractivity contribution in [3.63, 3.8) is 0 Å². The van der Waals surface area contributed by atoms with Crippen LogP contribution in [-0.4, -0.2) is 46.1 Å². The van der Waals surface area contributed by atoms with Crippen LogP contribution in [0.2, 0.25) is 5.02 Å². The second-order valence-corrected chi connectivity index (χ2v) is 8.19. The Bertz CT molecular complexity index is 753. The summed E-state index contributed by atoms with van der Waals surface area (Å²) in [7, 11) is 0. The first-order valence-corrected chi connectivity index (χ1v) is 10.0. The topological polar surface area (TPSA) is 78.2 Å². The van der Waals surface area contributed by atoms with Crippen LogP contribution in [0.25, 0.3) is 0 Å². The normalized spacial score (nSPS) is 29.7. The molecule has 148 valence electrons. The van der Waals surface area contributed by atoms with Crippen molar-refractivity contribution in [1.82, 2.24) is 15.2 Å². The van der Waals surface area contributed by atoms with E-state index in [0.29, 0.717) is 23.7 Å². The number of nitrogens with one attached hydrogen (secondary N) is 1. The predicted octanol–water partition coefficient (Wildman–Crippen LogP) is 2.92. The lowest BCUT2D eigenvalue weighted by Crippen LogP contribution is -2.52. The van der Waals surface area contributed by atoms with Gasteiger partial charge in [0.2, 0.25) is 11.8 Å². The Morgan fingerprint density at radius 1 is 1.39 bits per heavy atom. The molecule has 1 saturated carbocycles. The minimum Gasteiger partial charge on any atom is -0.474 e. The summed E-state index contributed by atoms with van der Waals surface area (Å²) in [6, 6.07) is 5.04. The minimum absolute atomic E-state index is 0.100. The summed E-state index contributed by atoms with van der Waals surface area (Å²) in [5.41, 5.74) is -0.142. The van der Waals surface area contributed by atoms with Gasteiger partial charge in [-0.2, -0.15) is 5.26 Å². The van der Waals surface area contributed by atoms with Gasteiger partial charge in [0.1, 0.15) is 12.1 Å². The predicted molar refractivity (Wildman–Crippen MR) is 107 cm³/mol. The maximum atomic E-state index is 12.7. The first kappa shape index (κ1) is 20.5. The third-order valence-electron chi connectivity index (χ3n) is 5.70. The molecule has 1 amide bonds. The van der Waals surface area contributed by atoms with Gasteiger partial charge in [0, 0.05) is 17.8 Å². The van der Waals surface area contributed by atoms with Crippen molar-refractivity contribution < 1.29 is 9.53 Å². The van der Waals surface area contributed by atoms with E-state index in [9.17, 15) is 10.1 Å². The molecule has 1 aromatic heterocycles. The van der Waals surface area contributed by atoms with E-state index in [0.717, 1.165) is 25.7 Å². The van der Waals surface area contributed by atoms with E-state index in [4.69, 9.17) is 22.8 Å². The Labute approximate surface area is 171 Å². The first-order valence-electron chi connectivity index (χ1n) is 9.64. The number of ether oxygens (including phenoxy) is 1. The standard InChI is InChI=1S/C21H25ClN4O2/c1-3-16-5-6-17(12-23)26(16)20(27)14-25-21(2)10-8-18(9-11-21)28-19-7-4-15(22)13-24-19/h1,4,7,13,16-18,25H,5-6,8-11,14H2,2H3/t16-,17-,18-,21-/m0/s1. The molecule has 0 unspecified atom stereocenters. The molecular formula is C21H25ClN4O2. The lowest BCUT2D eigenvalue weighted by atomic mass is 9.82. The monoisotopic (exact) mass is 400 g/mol.